The first-order valence-electron chi connectivity index (χ1n) is 5.92. The van der Waals surface area contributed by atoms with Gasteiger partial charge in [0.2, 0.25) is 0 Å². The number of ether oxygens (including phenoxy) is 1. The quantitative estimate of drug-likeness (QED) is 0.322. The molecular formula is C11H14N4O3S2. The molecule has 0 aliphatic heterocycles. The van der Waals surface area contributed by atoms with Gasteiger partial charge in [0.1, 0.15) is 6.33 Å². The van der Waals surface area contributed by atoms with Crippen LogP contribution in [0.25, 0.3) is 0 Å². The number of hydrogen-bond donors (Lipinski definition) is 0. The molecule has 2 aromatic heterocycles. The molecule has 0 N–H and O–H groups in total. The number of hydrogen-bond acceptors (Lipinski definition) is 7. The van der Waals surface area contributed by atoms with Crippen LogP contribution in [0.5, 0.6) is 0 Å². The first-order valence-corrected chi connectivity index (χ1v) is 7.78. The topological polar surface area (TPSA) is 83.1 Å². The van der Waals surface area contributed by atoms with Crippen molar-refractivity contribution in [3.63, 3.8) is 0 Å². The van der Waals surface area contributed by atoms with Crippen LogP contribution in [-0.4, -0.2) is 33.4 Å². The number of rotatable bonds is 8. The van der Waals surface area contributed by atoms with Gasteiger partial charge in [-0.15, -0.1) is 10.2 Å². The fraction of sp³-hybridized carbons (Fsp3) is 0.455. The van der Waals surface area contributed by atoms with Gasteiger partial charge in [0.15, 0.2) is 5.16 Å². The van der Waals surface area contributed by atoms with E-state index in [4.69, 9.17) is 4.74 Å². The molecule has 0 bridgehead atoms. The number of aromatic nitrogens is 3. The Labute approximate surface area is 124 Å². The van der Waals surface area contributed by atoms with Gasteiger partial charge in [0, 0.05) is 37.5 Å². The number of nitrogens with zero attached hydrogens (tertiary/aromatic N) is 4. The molecule has 0 amide bonds. The maximum atomic E-state index is 10.6. The minimum atomic E-state index is -0.369. The summed E-state index contributed by atoms with van der Waals surface area (Å²) >= 11 is 2.67. The first-order chi connectivity index (χ1) is 9.70. The molecule has 20 heavy (non-hydrogen) atoms. The van der Waals surface area contributed by atoms with E-state index in [1.54, 1.807) is 24.9 Å². The molecule has 0 aromatic carbocycles. The largest absolute Gasteiger partial charge is 0.385 e. The van der Waals surface area contributed by atoms with E-state index in [0.29, 0.717) is 12.4 Å². The summed E-state index contributed by atoms with van der Waals surface area (Å²) in [5.41, 5.74) is 0.929. The maximum Gasteiger partial charge on any atom is 0.324 e. The third kappa shape index (κ3) is 4.02. The molecular weight excluding hydrogens is 300 g/mol. The number of thiophene rings is 1. The zero-order valence-corrected chi connectivity index (χ0v) is 12.5. The van der Waals surface area contributed by atoms with Gasteiger partial charge in [0.25, 0.3) is 0 Å². The minimum absolute atomic E-state index is 0.169. The van der Waals surface area contributed by atoms with Crippen molar-refractivity contribution in [3.8, 4) is 0 Å². The van der Waals surface area contributed by atoms with Gasteiger partial charge in [-0.2, -0.15) is 0 Å². The summed E-state index contributed by atoms with van der Waals surface area (Å²) in [7, 11) is 1.67. The van der Waals surface area contributed by atoms with Crippen molar-refractivity contribution in [2.24, 2.45) is 0 Å². The Morgan fingerprint density at radius 2 is 2.45 bits per heavy atom. The van der Waals surface area contributed by atoms with Gasteiger partial charge in [-0.25, -0.2) is 0 Å². The van der Waals surface area contributed by atoms with Crippen molar-refractivity contribution in [2.45, 2.75) is 23.9 Å². The number of aryl methyl sites for hydroxylation is 1. The van der Waals surface area contributed by atoms with Crippen LogP contribution in [0.1, 0.15) is 12.0 Å². The SMILES string of the molecule is COCCCn1cnnc1SCc1csc([N+](=O)[O-])c1. The van der Waals surface area contributed by atoms with Crippen LogP contribution in [0.15, 0.2) is 22.9 Å². The average Bonchev–Trinajstić information content (AvgIpc) is 3.05. The lowest BCUT2D eigenvalue weighted by atomic mass is 10.4. The van der Waals surface area contributed by atoms with E-state index in [9.17, 15) is 10.1 Å². The van der Waals surface area contributed by atoms with E-state index in [2.05, 4.69) is 10.2 Å². The molecule has 2 rings (SSSR count). The zero-order valence-electron chi connectivity index (χ0n) is 10.9. The van der Waals surface area contributed by atoms with Crippen LogP contribution < -0.4 is 0 Å². The molecule has 0 radical (unpaired) electrons. The number of nitro groups is 1. The predicted octanol–water partition coefficient (Wildman–Crippen LogP) is 2.58. The fourth-order valence-corrected chi connectivity index (χ4v) is 3.28. The molecule has 0 atom stereocenters. The Balaban J connectivity index is 1.90. The Morgan fingerprint density at radius 3 is 3.15 bits per heavy atom. The molecule has 0 saturated carbocycles. The summed E-state index contributed by atoms with van der Waals surface area (Å²) in [6.07, 6.45) is 2.58. The molecule has 0 aliphatic carbocycles. The Hall–Kier alpha value is -1.45. The lowest BCUT2D eigenvalue weighted by molar-refractivity contribution is -0.380. The minimum Gasteiger partial charge on any atom is -0.385 e. The van der Waals surface area contributed by atoms with Crippen LogP contribution in [-0.2, 0) is 17.0 Å². The van der Waals surface area contributed by atoms with Crippen LogP contribution in [0, 0.1) is 10.1 Å². The fourth-order valence-electron chi connectivity index (χ4n) is 1.57. The molecule has 2 heterocycles. The van der Waals surface area contributed by atoms with Gasteiger partial charge in [-0.3, -0.25) is 10.1 Å². The van der Waals surface area contributed by atoms with Crippen molar-refractivity contribution in [1.82, 2.24) is 14.8 Å². The number of thioether (sulfide) groups is 1. The molecule has 2 aromatic rings. The second-order valence-electron chi connectivity index (χ2n) is 3.99. The Kier molecular flexibility index (Phi) is 5.50. The van der Waals surface area contributed by atoms with Gasteiger partial charge in [-0.1, -0.05) is 23.1 Å². The van der Waals surface area contributed by atoms with E-state index in [1.165, 1.54) is 11.8 Å². The highest BCUT2D eigenvalue weighted by Crippen LogP contribution is 2.27. The van der Waals surface area contributed by atoms with Gasteiger partial charge < -0.3 is 9.30 Å². The van der Waals surface area contributed by atoms with E-state index in [-0.39, 0.29) is 9.92 Å². The normalized spacial score (nSPS) is 10.8. The van der Waals surface area contributed by atoms with Crippen molar-refractivity contribution < 1.29 is 9.66 Å². The van der Waals surface area contributed by atoms with Gasteiger partial charge in [0.05, 0.1) is 4.92 Å². The highest BCUT2D eigenvalue weighted by Gasteiger charge is 2.11. The Bertz CT molecular complexity index is 570. The van der Waals surface area contributed by atoms with Crippen molar-refractivity contribution in [1.29, 1.82) is 0 Å². The predicted molar refractivity (Wildman–Crippen MR) is 77.0 cm³/mol. The van der Waals surface area contributed by atoms with Crippen molar-refractivity contribution in [3.05, 3.63) is 33.5 Å². The van der Waals surface area contributed by atoms with Crippen molar-refractivity contribution in [2.75, 3.05) is 13.7 Å². The zero-order chi connectivity index (χ0) is 14.4. The van der Waals surface area contributed by atoms with E-state index < -0.39 is 0 Å². The lowest BCUT2D eigenvalue weighted by Gasteiger charge is -2.04. The second kappa shape index (κ2) is 7.36. The molecule has 0 spiro atoms. The summed E-state index contributed by atoms with van der Waals surface area (Å²) in [6, 6.07) is 1.60. The second-order valence-corrected chi connectivity index (χ2v) is 5.82. The van der Waals surface area contributed by atoms with Gasteiger partial charge in [-0.05, 0) is 12.0 Å². The smallest absolute Gasteiger partial charge is 0.324 e. The van der Waals surface area contributed by atoms with Crippen LogP contribution in [0.4, 0.5) is 5.00 Å². The first kappa shape index (κ1) is 14.9. The van der Waals surface area contributed by atoms with Crippen molar-refractivity contribution >= 4 is 28.1 Å². The van der Waals surface area contributed by atoms with Gasteiger partial charge >= 0.3 is 5.00 Å². The summed E-state index contributed by atoms with van der Waals surface area (Å²) in [4.78, 5) is 10.2. The molecule has 0 fully saturated rings. The average molecular weight is 314 g/mol. The standard InChI is InChI=1S/C11H14N4O3S2/c1-18-4-2-3-14-8-12-13-11(14)20-7-9-5-10(15(16)17)19-6-9/h5-6,8H,2-4,7H2,1H3. The molecule has 0 saturated heterocycles. The summed E-state index contributed by atoms with van der Waals surface area (Å²) in [5.74, 6) is 0.646. The lowest BCUT2D eigenvalue weighted by Crippen LogP contribution is -2.01. The maximum absolute atomic E-state index is 10.6. The van der Waals surface area contributed by atoms with E-state index in [1.807, 2.05) is 4.57 Å². The van der Waals surface area contributed by atoms with Crippen LogP contribution >= 0.6 is 23.1 Å². The summed E-state index contributed by atoms with van der Waals surface area (Å²) in [6.45, 7) is 1.49. The number of methoxy groups -OCH3 is 1. The third-order valence-electron chi connectivity index (χ3n) is 2.52. The molecule has 7 nitrogen and oxygen atoms in total. The van der Waals surface area contributed by atoms with Crippen LogP contribution in [0.3, 0.4) is 0 Å². The Morgan fingerprint density at radius 1 is 1.60 bits per heavy atom. The molecule has 0 unspecified atom stereocenters. The summed E-state index contributed by atoms with van der Waals surface area (Å²) in [5, 5.41) is 21.4. The monoisotopic (exact) mass is 314 g/mol. The third-order valence-corrected chi connectivity index (χ3v) is 4.50. The highest BCUT2D eigenvalue weighted by molar-refractivity contribution is 7.98. The molecule has 9 heteroatoms. The van der Waals surface area contributed by atoms with Crippen LogP contribution in [0.2, 0.25) is 0 Å². The summed E-state index contributed by atoms with van der Waals surface area (Å²) < 4.78 is 6.97. The van der Waals surface area contributed by atoms with E-state index in [0.717, 1.165) is 35.0 Å². The van der Waals surface area contributed by atoms with E-state index >= 15 is 0 Å². The molecule has 0 aliphatic rings. The highest BCUT2D eigenvalue weighted by atomic mass is 32.2. The molecule has 108 valence electrons.